The van der Waals surface area contributed by atoms with Crippen LogP contribution < -0.4 is 4.74 Å². The lowest BCUT2D eigenvalue weighted by atomic mass is 9.97. The summed E-state index contributed by atoms with van der Waals surface area (Å²) in [4.78, 5) is 13.8. The van der Waals surface area contributed by atoms with Crippen LogP contribution in [-0.4, -0.2) is 50.4 Å². The molecule has 46 heavy (non-hydrogen) atoms. The minimum atomic E-state index is -1.17. The first-order valence-corrected chi connectivity index (χ1v) is 15.3. The van der Waals surface area contributed by atoms with Crippen LogP contribution in [0.25, 0.3) is 0 Å². The molecule has 240 valence electrons. The van der Waals surface area contributed by atoms with Gasteiger partial charge in [-0.1, -0.05) is 109 Å². The zero-order valence-electron chi connectivity index (χ0n) is 25.9. The Hall–Kier alpha value is -4.31. The van der Waals surface area contributed by atoms with Crippen molar-refractivity contribution in [1.29, 1.82) is 0 Å². The first-order chi connectivity index (χ1) is 22.6. The second kappa shape index (κ2) is 17.4. The molecule has 0 unspecified atom stereocenters. The van der Waals surface area contributed by atoms with E-state index in [-0.39, 0.29) is 33.0 Å². The summed E-state index contributed by atoms with van der Waals surface area (Å²) in [5, 5.41) is 0. The number of carbonyl (C=O) groups excluding carboxylic acids is 1. The molecule has 5 rings (SSSR count). The fourth-order valence-corrected chi connectivity index (χ4v) is 5.10. The van der Waals surface area contributed by atoms with Crippen LogP contribution in [0, 0.1) is 0 Å². The van der Waals surface area contributed by atoms with E-state index in [0.29, 0.717) is 0 Å². The molecule has 5 atom stereocenters. The largest absolute Gasteiger partial charge is 0.497 e. The Kier molecular flexibility index (Phi) is 12.5. The van der Waals surface area contributed by atoms with E-state index in [0.717, 1.165) is 28.0 Å². The second-order valence-electron chi connectivity index (χ2n) is 10.8. The van der Waals surface area contributed by atoms with E-state index < -0.39 is 36.7 Å². The van der Waals surface area contributed by atoms with Crippen molar-refractivity contribution in [3.05, 3.63) is 150 Å². The van der Waals surface area contributed by atoms with Gasteiger partial charge < -0.3 is 33.2 Å². The Morgan fingerprint density at radius 3 is 1.63 bits per heavy atom. The van der Waals surface area contributed by atoms with Crippen molar-refractivity contribution in [1.82, 2.24) is 0 Å². The number of benzene rings is 4. The maximum Gasteiger partial charge on any atom is 0.338 e. The van der Waals surface area contributed by atoms with Gasteiger partial charge in [-0.2, -0.15) is 0 Å². The van der Waals surface area contributed by atoms with Gasteiger partial charge in [0, 0.05) is 0 Å². The number of hydrogen-bond donors (Lipinski definition) is 0. The maximum atomic E-state index is 13.8. The number of esters is 1. The van der Waals surface area contributed by atoms with Gasteiger partial charge in [0.1, 0.15) is 30.7 Å². The van der Waals surface area contributed by atoms with E-state index in [1.165, 1.54) is 0 Å². The number of rotatable bonds is 16. The summed E-state index contributed by atoms with van der Waals surface area (Å²) in [5.41, 5.74) is 3.65. The highest BCUT2D eigenvalue weighted by atomic mass is 16.7. The second-order valence-corrected chi connectivity index (χ2v) is 10.8. The van der Waals surface area contributed by atoms with Crippen LogP contribution in [0.5, 0.6) is 5.75 Å². The molecule has 0 N–H and O–H groups in total. The van der Waals surface area contributed by atoms with Gasteiger partial charge in [0.05, 0.1) is 33.5 Å². The lowest BCUT2D eigenvalue weighted by Crippen LogP contribution is -2.63. The molecule has 1 heterocycles. The zero-order chi connectivity index (χ0) is 32.0. The molecule has 1 aliphatic rings. The summed E-state index contributed by atoms with van der Waals surface area (Å²) < 4.78 is 43.1. The summed E-state index contributed by atoms with van der Waals surface area (Å²) in [6, 6.07) is 36.6. The SMILES string of the molecule is C=CCO[C@H]1O[C@H](C(=O)OCc2ccccc2)[C@H](OCc2ccc(OC)cc2)[C@H](OCc2ccccc2)[C@H]1OCc1ccccc1. The molecule has 1 aliphatic heterocycles. The first-order valence-electron chi connectivity index (χ1n) is 15.3. The van der Waals surface area contributed by atoms with Gasteiger partial charge in [-0.15, -0.1) is 6.58 Å². The fraction of sp³-hybridized carbons (Fsp3) is 0.289. The quantitative estimate of drug-likeness (QED) is 0.104. The van der Waals surface area contributed by atoms with Gasteiger partial charge in [0.2, 0.25) is 0 Å². The Balaban J connectivity index is 1.46. The third-order valence-electron chi connectivity index (χ3n) is 7.50. The highest BCUT2D eigenvalue weighted by Crippen LogP contribution is 2.32. The van der Waals surface area contributed by atoms with Gasteiger partial charge in [0.15, 0.2) is 12.4 Å². The summed E-state index contributed by atoms with van der Waals surface area (Å²) in [6.07, 6.45) is -2.97. The predicted molar refractivity (Wildman–Crippen MR) is 173 cm³/mol. The summed E-state index contributed by atoms with van der Waals surface area (Å²) in [5.74, 6) is 0.137. The minimum absolute atomic E-state index is 0.0758. The van der Waals surface area contributed by atoms with Crippen LogP contribution in [0.4, 0.5) is 0 Å². The molecule has 4 aromatic carbocycles. The van der Waals surface area contributed by atoms with Crippen LogP contribution >= 0.6 is 0 Å². The molecule has 0 bridgehead atoms. The van der Waals surface area contributed by atoms with Crippen molar-refractivity contribution in [3.63, 3.8) is 0 Å². The smallest absolute Gasteiger partial charge is 0.338 e. The summed E-state index contributed by atoms with van der Waals surface area (Å²) in [6.45, 7) is 4.73. The lowest BCUT2D eigenvalue weighted by molar-refractivity contribution is -0.318. The highest BCUT2D eigenvalue weighted by molar-refractivity contribution is 5.76. The Morgan fingerprint density at radius 2 is 1.11 bits per heavy atom. The van der Waals surface area contributed by atoms with Crippen LogP contribution in [0.15, 0.2) is 128 Å². The van der Waals surface area contributed by atoms with Crippen LogP contribution in [0.3, 0.4) is 0 Å². The number of ether oxygens (including phenoxy) is 7. The molecule has 0 radical (unpaired) electrons. The van der Waals surface area contributed by atoms with Crippen LogP contribution in [-0.2, 0) is 59.6 Å². The molecule has 0 aliphatic carbocycles. The third kappa shape index (κ3) is 9.36. The van der Waals surface area contributed by atoms with Gasteiger partial charge in [-0.05, 0) is 34.4 Å². The molecule has 1 saturated heterocycles. The average molecular weight is 625 g/mol. The Bertz CT molecular complexity index is 1460. The lowest BCUT2D eigenvalue weighted by Gasteiger charge is -2.44. The number of carbonyl (C=O) groups is 1. The van der Waals surface area contributed by atoms with Crippen molar-refractivity contribution in [2.24, 2.45) is 0 Å². The van der Waals surface area contributed by atoms with Crippen LogP contribution in [0.1, 0.15) is 22.3 Å². The van der Waals surface area contributed by atoms with E-state index >= 15 is 0 Å². The third-order valence-corrected chi connectivity index (χ3v) is 7.50. The standard InChI is InChI=1S/C38H40O8/c1-3-23-41-38-36(44-25-29-15-9-5-10-16-29)34(43-24-28-13-7-4-8-14-28)33(42-26-31-19-21-32(40-2)22-20-31)35(46-38)37(39)45-27-30-17-11-6-12-18-30/h3-22,33-36,38H,1,23-27H2,2H3/t33-,34+,35+,36-,38+/m1/s1. The summed E-state index contributed by atoms with van der Waals surface area (Å²) in [7, 11) is 1.62. The molecule has 0 amide bonds. The molecule has 0 aromatic heterocycles. The summed E-state index contributed by atoms with van der Waals surface area (Å²) >= 11 is 0. The monoisotopic (exact) mass is 624 g/mol. The molecule has 0 saturated carbocycles. The molecular formula is C38H40O8. The molecular weight excluding hydrogens is 584 g/mol. The van der Waals surface area contributed by atoms with Crippen molar-refractivity contribution < 1.29 is 38.0 Å². The number of hydrogen-bond acceptors (Lipinski definition) is 8. The molecule has 8 heteroatoms. The Labute approximate surface area is 270 Å². The fourth-order valence-electron chi connectivity index (χ4n) is 5.10. The normalized spacial score (nSPS) is 20.9. The van der Waals surface area contributed by atoms with E-state index in [4.69, 9.17) is 33.2 Å². The highest BCUT2D eigenvalue weighted by Gasteiger charge is 2.52. The van der Waals surface area contributed by atoms with Crippen molar-refractivity contribution in [2.75, 3.05) is 13.7 Å². The van der Waals surface area contributed by atoms with Crippen molar-refractivity contribution in [2.45, 2.75) is 57.1 Å². The zero-order valence-corrected chi connectivity index (χ0v) is 25.9. The topological polar surface area (TPSA) is 81.7 Å². The molecule has 1 fully saturated rings. The maximum absolute atomic E-state index is 13.8. The van der Waals surface area contributed by atoms with Crippen molar-refractivity contribution in [3.8, 4) is 5.75 Å². The predicted octanol–water partition coefficient (Wildman–Crippen LogP) is 6.42. The van der Waals surface area contributed by atoms with E-state index in [9.17, 15) is 4.79 Å². The van der Waals surface area contributed by atoms with Gasteiger partial charge in [0.25, 0.3) is 0 Å². The molecule has 0 spiro atoms. The molecule has 4 aromatic rings. The van der Waals surface area contributed by atoms with E-state index in [2.05, 4.69) is 6.58 Å². The van der Waals surface area contributed by atoms with Gasteiger partial charge >= 0.3 is 5.97 Å². The molecule has 8 nitrogen and oxygen atoms in total. The minimum Gasteiger partial charge on any atom is -0.497 e. The number of methoxy groups -OCH3 is 1. The van der Waals surface area contributed by atoms with E-state index in [1.807, 2.05) is 115 Å². The van der Waals surface area contributed by atoms with Gasteiger partial charge in [-0.3, -0.25) is 0 Å². The first kappa shape index (κ1) is 33.1. The Morgan fingerprint density at radius 1 is 0.630 bits per heavy atom. The van der Waals surface area contributed by atoms with Gasteiger partial charge in [-0.25, -0.2) is 4.79 Å². The van der Waals surface area contributed by atoms with Crippen LogP contribution in [0.2, 0.25) is 0 Å². The van der Waals surface area contributed by atoms with Crippen molar-refractivity contribution >= 4 is 5.97 Å². The average Bonchev–Trinajstić information content (AvgIpc) is 3.12. The van der Waals surface area contributed by atoms with E-state index in [1.54, 1.807) is 13.2 Å².